The molecule has 1 N–H and O–H groups in total. The molecule has 1 aromatic carbocycles. The smallest absolute Gasteiger partial charge is 0.270 e. The molecule has 7 nitrogen and oxygen atoms in total. The number of non-ortho nitro benzene ring substituents is 1. The summed E-state index contributed by atoms with van der Waals surface area (Å²) in [6.45, 7) is 3.98. The lowest BCUT2D eigenvalue weighted by Gasteiger charge is -2.26. The molecule has 1 fully saturated rings. The predicted octanol–water partition coefficient (Wildman–Crippen LogP) is 2.11. The van der Waals surface area contributed by atoms with Crippen molar-refractivity contribution < 1.29 is 14.5 Å². The first-order valence-corrected chi connectivity index (χ1v) is 7.88. The molecule has 0 aliphatic carbocycles. The number of benzene rings is 1. The maximum atomic E-state index is 12.2. The number of likely N-dealkylation sites (N-methyl/N-ethyl adjacent to an activating group) is 1. The van der Waals surface area contributed by atoms with Crippen LogP contribution in [0, 0.1) is 10.1 Å². The van der Waals surface area contributed by atoms with Gasteiger partial charge in [0.25, 0.3) is 11.6 Å². The topological polar surface area (TPSA) is 84.7 Å². The predicted molar refractivity (Wildman–Crippen MR) is 89.4 cm³/mol. The van der Waals surface area contributed by atoms with Gasteiger partial charge in [-0.15, -0.1) is 0 Å². The number of amides is 1. The number of hydrogen-bond donors (Lipinski definition) is 1. The van der Waals surface area contributed by atoms with Gasteiger partial charge in [0.15, 0.2) is 5.11 Å². The number of nitrogens with one attached hydrogen (secondary N) is 1. The number of thiocarbonyl (C=S) groups is 1. The minimum Gasteiger partial charge on any atom is -0.376 e. The van der Waals surface area contributed by atoms with Crippen LogP contribution in [0.1, 0.15) is 30.1 Å². The largest absolute Gasteiger partial charge is 0.376 e. The zero-order valence-corrected chi connectivity index (χ0v) is 13.7. The van der Waals surface area contributed by atoms with E-state index in [-0.39, 0.29) is 17.4 Å². The van der Waals surface area contributed by atoms with Crippen molar-refractivity contribution in [2.75, 3.05) is 19.7 Å². The fourth-order valence-corrected chi connectivity index (χ4v) is 2.70. The van der Waals surface area contributed by atoms with Gasteiger partial charge in [-0.2, -0.15) is 0 Å². The van der Waals surface area contributed by atoms with E-state index in [1.807, 2.05) is 11.8 Å². The Kier molecular flexibility index (Phi) is 6.00. The van der Waals surface area contributed by atoms with Gasteiger partial charge in [-0.25, -0.2) is 0 Å². The van der Waals surface area contributed by atoms with Crippen molar-refractivity contribution in [2.45, 2.75) is 25.9 Å². The fraction of sp³-hybridized carbons (Fsp3) is 0.467. The third-order valence-corrected chi connectivity index (χ3v) is 4.02. The third kappa shape index (κ3) is 4.70. The van der Waals surface area contributed by atoms with Crippen LogP contribution < -0.4 is 5.32 Å². The Labute approximate surface area is 139 Å². The van der Waals surface area contributed by atoms with Gasteiger partial charge in [0.1, 0.15) is 0 Å². The molecule has 1 amide bonds. The van der Waals surface area contributed by atoms with Gasteiger partial charge in [0.2, 0.25) is 0 Å². The Balaban J connectivity index is 1.98. The van der Waals surface area contributed by atoms with E-state index < -0.39 is 10.8 Å². The van der Waals surface area contributed by atoms with Crippen molar-refractivity contribution in [3.8, 4) is 0 Å². The summed E-state index contributed by atoms with van der Waals surface area (Å²) in [4.78, 5) is 24.3. The number of carbonyl (C=O) groups excluding carboxylic acids is 1. The average molecular weight is 337 g/mol. The standard InChI is InChI=1S/C15H19N3O4S/c1-2-17(10-13-7-4-8-22-13)15(23)16-14(19)11-5-3-6-12(9-11)18(20)21/h3,5-6,9,13H,2,4,7-8,10H2,1H3,(H,16,19,23). The maximum Gasteiger partial charge on any atom is 0.270 e. The molecule has 0 aromatic heterocycles. The first-order valence-electron chi connectivity index (χ1n) is 7.47. The highest BCUT2D eigenvalue weighted by Crippen LogP contribution is 2.15. The normalized spacial score (nSPS) is 16.8. The fourth-order valence-electron chi connectivity index (χ4n) is 2.40. The summed E-state index contributed by atoms with van der Waals surface area (Å²) in [6.07, 6.45) is 2.15. The first kappa shape index (κ1) is 17.3. The lowest BCUT2D eigenvalue weighted by molar-refractivity contribution is -0.384. The highest BCUT2D eigenvalue weighted by molar-refractivity contribution is 7.80. The van der Waals surface area contributed by atoms with E-state index in [4.69, 9.17) is 17.0 Å². The minimum atomic E-state index is -0.537. The molecule has 0 spiro atoms. The van der Waals surface area contributed by atoms with Crippen molar-refractivity contribution >= 4 is 28.9 Å². The SMILES string of the molecule is CCN(CC1CCCO1)C(=S)NC(=O)c1cccc([N+](=O)[O-])c1. The highest BCUT2D eigenvalue weighted by Gasteiger charge is 2.21. The van der Waals surface area contributed by atoms with Crippen molar-refractivity contribution in [3.63, 3.8) is 0 Å². The van der Waals surface area contributed by atoms with Crippen molar-refractivity contribution in [1.82, 2.24) is 10.2 Å². The van der Waals surface area contributed by atoms with Gasteiger partial charge < -0.3 is 9.64 Å². The first-order chi connectivity index (χ1) is 11.0. The third-order valence-electron chi connectivity index (χ3n) is 3.66. The Bertz CT molecular complexity index is 602. The molecule has 0 saturated carbocycles. The molecule has 2 rings (SSSR count). The molecular formula is C15H19N3O4S. The van der Waals surface area contributed by atoms with Crippen LogP contribution in [0.15, 0.2) is 24.3 Å². The lowest BCUT2D eigenvalue weighted by atomic mass is 10.2. The van der Waals surface area contributed by atoms with Gasteiger partial charge >= 0.3 is 0 Å². The Morgan fingerprint density at radius 2 is 2.35 bits per heavy atom. The molecule has 0 bridgehead atoms. The van der Waals surface area contributed by atoms with E-state index in [2.05, 4.69) is 5.32 Å². The second-order valence-electron chi connectivity index (χ2n) is 5.24. The van der Waals surface area contributed by atoms with Gasteiger partial charge in [-0.1, -0.05) is 6.07 Å². The molecule has 8 heteroatoms. The van der Waals surface area contributed by atoms with Crippen LogP contribution >= 0.6 is 12.2 Å². The van der Waals surface area contributed by atoms with Gasteiger partial charge in [0.05, 0.1) is 11.0 Å². The highest BCUT2D eigenvalue weighted by atomic mass is 32.1. The molecule has 1 aromatic rings. The van der Waals surface area contributed by atoms with E-state index >= 15 is 0 Å². The molecule has 23 heavy (non-hydrogen) atoms. The molecular weight excluding hydrogens is 318 g/mol. The summed E-state index contributed by atoms with van der Waals surface area (Å²) >= 11 is 5.27. The quantitative estimate of drug-likeness (QED) is 0.503. The van der Waals surface area contributed by atoms with E-state index in [0.29, 0.717) is 18.2 Å². The summed E-state index contributed by atoms with van der Waals surface area (Å²) in [6, 6.07) is 5.56. The van der Waals surface area contributed by atoms with Gasteiger partial charge in [0, 0.05) is 37.4 Å². The molecule has 1 saturated heterocycles. The van der Waals surface area contributed by atoms with Crippen molar-refractivity contribution in [3.05, 3.63) is 39.9 Å². The lowest BCUT2D eigenvalue weighted by Crippen LogP contribution is -2.45. The molecule has 0 radical (unpaired) electrons. The Morgan fingerprint density at radius 1 is 1.57 bits per heavy atom. The number of rotatable bonds is 5. The van der Waals surface area contributed by atoms with Crippen LogP contribution in [-0.2, 0) is 4.74 Å². The van der Waals surface area contributed by atoms with Gasteiger partial charge in [-0.3, -0.25) is 20.2 Å². The number of ether oxygens (including phenoxy) is 1. The number of nitro groups is 1. The van der Waals surface area contributed by atoms with Crippen LogP contribution in [0.5, 0.6) is 0 Å². The summed E-state index contributed by atoms with van der Waals surface area (Å²) in [5, 5.41) is 13.7. The van der Waals surface area contributed by atoms with Crippen LogP contribution in [0.4, 0.5) is 5.69 Å². The number of nitrogens with zero attached hydrogens (tertiary/aromatic N) is 2. The molecule has 1 heterocycles. The minimum absolute atomic E-state index is 0.127. The summed E-state index contributed by atoms with van der Waals surface area (Å²) in [5.74, 6) is -0.454. The number of nitro benzene ring substituents is 1. The maximum absolute atomic E-state index is 12.2. The van der Waals surface area contributed by atoms with E-state index in [1.54, 1.807) is 0 Å². The average Bonchev–Trinajstić information content (AvgIpc) is 3.05. The van der Waals surface area contributed by atoms with E-state index in [1.165, 1.54) is 24.3 Å². The Hall–Kier alpha value is -2.06. The number of carbonyl (C=O) groups is 1. The zero-order valence-electron chi connectivity index (χ0n) is 12.9. The Morgan fingerprint density at radius 3 is 2.96 bits per heavy atom. The second-order valence-corrected chi connectivity index (χ2v) is 5.63. The summed E-state index contributed by atoms with van der Waals surface area (Å²) in [5.41, 5.74) is 0.0741. The molecule has 1 aliphatic rings. The second kappa shape index (κ2) is 7.98. The van der Waals surface area contributed by atoms with Crippen LogP contribution in [-0.4, -0.2) is 46.6 Å². The molecule has 1 atom stereocenters. The summed E-state index contributed by atoms with van der Waals surface area (Å²) < 4.78 is 5.58. The van der Waals surface area contributed by atoms with Crippen LogP contribution in [0.2, 0.25) is 0 Å². The number of hydrogen-bond acceptors (Lipinski definition) is 5. The van der Waals surface area contributed by atoms with Crippen molar-refractivity contribution in [1.29, 1.82) is 0 Å². The zero-order chi connectivity index (χ0) is 16.8. The molecule has 124 valence electrons. The van der Waals surface area contributed by atoms with E-state index in [9.17, 15) is 14.9 Å². The van der Waals surface area contributed by atoms with E-state index in [0.717, 1.165) is 19.4 Å². The van der Waals surface area contributed by atoms with Crippen molar-refractivity contribution in [2.24, 2.45) is 0 Å². The monoisotopic (exact) mass is 337 g/mol. The van der Waals surface area contributed by atoms with Gasteiger partial charge in [-0.05, 0) is 38.0 Å². The van der Waals surface area contributed by atoms with Crippen LogP contribution in [0.25, 0.3) is 0 Å². The molecule has 1 aliphatic heterocycles. The summed E-state index contributed by atoms with van der Waals surface area (Å²) in [7, 11) is 0. The molecule has 1 unspecified atom stereocenters. The van der Waals surface area contributed by atoms with Crippen LogP contribution in [0.3, 0.4) is 0 Å².